The van der Waals surface area contributed by atoms with Crippen LogP contribution in [0.4, 0.5) is 18.9 Å². The summed E-state index contributed by atoms with van der Waals surface area (Å²) in [6.45, 7) is 5.06. The van der Waals surface area contributed by atoms with Crippen molar-refractivity contribution < 1.29 is 18.0 Å². The van der Waals surface area contributed by atoms with E-state index in [9.17, 15) is 18.0 Å². The van der Waals surface area contributed by atoms with Gasteiger partial charge in [-0.3, -0.25) is 9.69 Å². The quantitative estimate of drug-likeness (QED) is 0.648. The summed E-state index contributed by atoms with van der Waals surface area (Å²) in [4.78, 5) is 15.6. The lowest BCUT2D eigenvalue weighted by molar-refractivity contribution is -0.137. The third kappa shape index (κ3) is 7.94. The highest BCUT2D eigenvalue weighted by molar-refractivity contribution is 5.85. The standard InChI is InChI=1S/C18H27F3N4O.ClH/c1-22-14-17(26)23-7-2-3-8-24-9-11-25(12-10-24)16-6-4-5-15(13-16)18(19,20)21;/h4-6,13,22H,2-3,7-12,14H2,1H3,(H,23,26);1H. The van der Waals surface area contributed by atoms with E-state index in [0.717, 1.165) is 51.6 Å². The number of rotatable bonds is 8. The topological polar surface area (TPSA) is 47.6 Å². The van der Waals surface area contributed by atoms with Crippen molar-refractivity contribution in [3.8, 4) is 0 Å². The molecule has 0 radical (unpaired) electrons. The molecule has 0 saturated carbocycles. The molecule has 154 valence electrons. The summed E-state index contributed by atoms with van der Waals surface area (Å²) in [7, 11) is 1.73. The number of unbranched alkanes of at least 4 members (excludes halogenated alkanes) is 1. The number of hydrogen-bond donors (Lipinski definition) is 2. The first kappa shape index (κ1) is 23.5. The number of amides is 1. The molecule has 27 heavy (non-hydrogen) atoms. The van der Waals surface area contributed by atoms with E-state index in [1.54, 1.807) is 13.1 Å². The van der Waals surface area contributed by atoms with Crippen LogP contribution in [-0.4, -0.2) is 63.7 Å². The van der Waals surface area contributed by atoms with Crippen LogP contribution in [0.25, 0.3) is 0 Å². The average molecular weight is 409 g/mol. The Morgan fingerprint density at radius 2 is 1.85 bits per heavy atom. The zero-order valence-electron chi connectivity index (χ0n) is 15.5. The molecule has 2 rings (SSSR count). The van der Waals surface area contributed by atoms with E-state index < -0.39 is 11.7 Å². The fraction of sp³-hybridized carbons (Fsp3) is 0.611. The zero-order chi connectivity index (χ0) is 19.0. The van der Waals surface area contributed by atoms with E-state index in [1.165, 1.54) is 12.1 Å². The second kappa shape index (κ2) is 11.4. The number of piperazine rings is 1. The lowest BCUT2D eigenvalue weighted by Gasteiger charge is -2.36. The number of hydrogen-bond acceptors (Lipinski definition) is 4. The number of nitrogens with one attached hydrogen (secondary N) is 2. The largest absolute Gasteiger partial charge is 0.416 e. The average Bonchev–Trinajstić information content (AvgIpc) is 2.62. The van der Waals surface area contributed by atoms with Crippen LogP contribution in [0.3, 0.4) is 0 Å². The van der Waals surface area contributed by atoms with Gasteiger partial charge in [0.1, 0.15) is 0 Å². The van der Waals surface area contributed by atoms with Gasteiger partial charge in [-0.2, -0.15) is 13.2 Å². The van der Waals surface area contributed by atoms with Gasteiger partial charge in [0, 0.05) is 38.4 Å². The Bertz CT molecular complexity index is 578. The Morgan fingerprint density at radius 1 is 1.15 bits per heavy atom. The molecular formula is C18H28ClF3N4O. The molecule has 1 aliphatic rings. The van der Waals surface area contributed by atoms with Crippen LogP contribution in [0.2, 0.25) is 0 Å². The predicted octanol–water partition coefficient (Wildman–Crippen LogP) is 2.37. The Kier molecular flexibility index (Phi) is 9.90. The van der Waals surface area contributed by atoms with Crippen molar-refractivity contribution >= 4 is 24.0 Å². The normalized spacial score (nSPS) is 15.3. The number of carbonyl (C=O) groups excluding carboxylic acids is 1. The Morgan fingerprint density at radius 3 is 2.48 bits per heavy atom. The molecule has 1 heterocycles. The minimum absolute atomic E-state index is 0. The van der Waals surface area contributed by atoms with Gasteiger partial charge in [0.2, 0.25) is 5.91 Å². The highest BCUT2D eigenvalue weighted by Gasteiger charge is 2.31. The molecule has 1 aliphatic heterocycles. The second-order valence-corrected chi connectivity index (χ2v) is 6.46. The maximum atomic E-state index is 12.8. The Balaban J connectivity index is 0.00000364. The molecule has 2 N–H and O–H groups in total. The predicted molar refractivity (Wildman–Crippen MR) is 104 cm³/mol. The maximum absolute atomic E-state index is 12.8. The highest BCUT2D eigenvalue weighted by atomic mass is 35.5. The molecular weight excluding hydrogens is 381 g/mol. The highest BCUT2D eigenvalue weighted by Crippen LogP contribution is 2.31. The van der Waals surface area contributed by atoms with Crippen molar-refractivity contribution in [1.82, 2.24) is 15.5 Å². The summed E-state index contributed by atoms with van der Waals surface area (Å²) in [6.07, 6.45) is -2.40. The molecule has 5 nitrogen and oxygen atoms in total. The second-order valence-electron chi connectivity index (χ2n) is 6.46. The number of anilines is 1. The molecule has 0 aromatic heterocycles. The summed E-state index contributed by atoms with van der Waals surface area (Å²) < 4.78 is 38.5. The molecule has 9 heteroatoms. The molecule has 0 atom stereocenters. The number of halogens is 4. The molecule has 1 amide bonds. The van der Waals surface area contributed by atoms with Gasteiger partial charge in [-0.1, -0.05) is 6.07 Å². The van der Waals surface area contributed by atoms with Gasteiger partial charge in [-0.15, -0.1) is 12.4 Å². The number of benzene rings is 1. The van der Waals surface area contributed by atoms with E-state index in [1.807, 2.05) is 4.90 Å². The molecule has 1 aromatic carbocycles. The van der Waals surface area contributed by atoms with Crippen molar-refractivity contribution in [1.29, 1.82) is 0 Å². The molecule has 0 spiro atoms. The molecule has 0 bridgehead atoms. The fourth-order valence-corrected chi connectivity index (χ4v) is 3.02. The van der Waals surface area contributed by atoms with Crippen LogP contribution in [-0.2, 0) is 11.0 Å². The molecule has 1 aromatic rings. The Hall–Kier alpha value is -1.51. The summed E-state index contributed by atoms with van der Waals surface area (Å²) >= 11 is 0. The third-order valence-corrected chi connectivity index (χ3v) is 4.47. The molecule has 0 unspecified atom stereocenters. The van der Waals surface area contributed by atoms with Gasteiger partial charge in [0.15, 0.2) is 0 Å². The molecule has 0 aliphatic carbocycles. The van der Waals surface area contributed by atoms with Crippen molar-refractivity contribution in [2.45, 2.75) is 19.0 Å². The van der Waals surface area contributed by atoms with Crippen molar-refractivity contribution in [2.75, 3.05) is 57.8 Å². The van der Waals surface area contributed by atoms with Crippen LogP contribution >= 0.6 is 12.4 Å². The van der Waals surface area contributed by atoms with Crippen LogP contribution in [0.5, 0.6) is 0 Å². The summed E-state index contributed by atoms with van der Waals surface area (Å²) in [5, 5.41) is 5.65. The van der Waals surface area contributed by atoms with Gasteiger partial charge in [0.05, 0.1) is 12.1 Å². The van der Waals surface area contributed by atoms with E-state index in [4.69, 9.17) is 0 Å². The van der Waals surface area contributed by atoms with Crippen LogP contribution in [0.1, 0.15) is 18.4 Å². The lowest BCUT2D eigenvalue weighted by atomic mass is 10.1. The number of nitrogens with zero attached hydrogens (tertiary/aromatic N) is 2. The van der Waals surface area contributed by atoms with Gasteiger partial charge >= 0.3 is 6.18 Å². The van der Waals surface area contributed by atoms with Gasteiger partial charge in [-0.25, -0.2) is 0 Å². The molecule has 1 fully saturated rings. The van der Waals surface area contributed by atoms with Gasteiger partial charge in [-0.05, 0) is 44.6 Å². The number of carbonyl (C=O) groups is 1. The molecule has 1 saturated heterocycles. The first-order chi connectivity index (χ1) is 12.4. The van der Waals surface area contributed by atoms with Gasteiger partial charge in [0.25, 0.3) is 0 Å². The third-order valence-electron chi connectivity index (χ3n) is 4.47. The van der Waals surface area contributed by atoms with Crippen molar-refractivity contribution in [2.24, 2.45) is 0 Å². The SMILES string of the molecule is CNCC(=O)NCCCCN1CCN(c2cccc(C(F)(F)F)c2)CC1.Cl. The van der Waals surface area contributed by atoms with E-state index in [2.05, 4.69) is 15.5 Å². The van der Waals surface area contributed by atoms with Gasteiger partial charge < -0.3 is 15.5 Å². The first-order valence-corrected chi connectivity index (χ1v) is 8.96. The van der Waals surface area contributed by atoms with E-state index >= 15 is 0 Å². The van der Waals surface area contributed by atoms with Crippen molar-refractivity contribution in [3.05, 3.63) is 29.8 Å². The summed E-state index contributed by atoms with van der Waals surface area (Å²) in [5.41, 5.74) is 0.0319. The Labute approximate surface area is 164 Å². The maximum Gasteiger partial charge on any atom is 0.416 e. The number of alkyl halides is 3. The van der Waals surface area contributed by atoms with Crippen LogP contribution in [0.15, 0.2) is 24.3 Å². The van der Waals surface area contributed by atoms with Crippen molar-refractivity contribution in [3.63, 3.8) is 0 Å². The van der Waals surface area contributed by atoms with Crippen LogP contribution in [0, 0.1) is 0 Å². The fourth-order valence-electron chi connectivity index (χ4n) is 3.02. The first-order valence-electron chi connectivity index (χ1n) is 8.96. The monoisotopic (exact) mass is 408 g/mol. The van der Waals surface area contributed by atoms with E-state index in [-0.39, 0.29) is 18.3 Å². The smallest absolute Gasteiger partial charge is 0.369 e. The minimum atomic E-state index is -4.31. The zero-order valence-corrected chi connectivity index (χ0v) is 16.3. The summed E-state index contributed by atoms with van der Waals surface area (Å²) in [6, 6.07) is 5.53. The number of likely N-dealkylation sites (N-methyl/N-ethyl adjacent to an activating group) is 1. The van der Waals surface area contributed by atoms with Crippen LogP contribution < -0.4 is 15.5 Å². The summed E-state index contributed by atoms with van der Waals surface area (Å²) in [5.74, 6) is 0.00204. The lowest BCUT2D eigenvalue weighted by Crippen LogP contribution is -2.46. The minimum Gasteiger partial charge on any atom is -0.369 e. The van der Waals surface area contributed by atoms with E-state index in [0.29, 0.717) is 18.8 Å².